The molecule has 6 heteroatoms. The number of rotatable bonds is 2. The molecule has 0 radical (unpaired) electrons. The third-order valence-corrected chi connectivity index (χ3v) is 2.43. The van der Waals surface area contributed by atoms with Gasteiger partial charge in [-0.3, -0.25) is 10.4 Å². The summed E-state index contributed by atoms with van der Waals surface area (Å²) in [4.78, 5) is 0. The van der Waals surface area contributed by atoms with Crippen LogP contribution in [0.25, 0.3) is 10.8 Å². The number of nitrogens with zero attached hydrogens (tertiary/aromatic N) is 1. The summed E-state index contributed by atoms with van der Waals surface area (Å²) in [6, 6.07) is 9.63. The summed E-state index contributed by atoms with van der Waals surface area (Å²) in [5, 5.41) is 37.5. The van der Waals surface area contributed by atoms with Gasteiger partial charge in [-0.1, -0.05) is 30.3 Å². The lowest BCUT2D eigenvalue weighted by Gasteiger charge is -2.13. The summed E-state index contributed by atoms with van der Waals surface area (Å²) >= 11 is 0. The smallest absolute Gasteiger partial charge is 0.423 e. The molecule has 0 aliphatic carbocycles. The van der Waals surface area contributed by atoms with Crippen molar-refractivity contribution in [1.82, 2.24) is 0 Å². The van der Waals surface area contributed by atoms with Gasteiger partial charge < -0.3 is 10.0 Å². The number of benzene rings is 2. The molecule has 2 rings (SSSR count). The molecule has 0 bridgehead atoms. The Morgan fingerprint density at radius 1 is 0.875 bits per heavy atom. The predicted molar refractivity (Wildman–Crippen MR) is 59.8 cm³/mol. The van der Waals surface area contributed by atoms with Crippen molar-refractivity contribution in [1.29, 1.82) is 0 Å². The molecule has 0 aliphatic rings. The first-order valence-electron chi connectivity index (χ1n) is 4.67. The molecule has 0 saturated heterocycles. The first-order chi connectivity index (χ1) is 7.61. The molecule has 0 saturated carbocycles. The number of anilines is 1. The molecule has 5 nitrogen and oxygen atoms in total. The van der Waals surface area contributed by atoms with Gasteiger partial charge in [-0.2, -0.15) is 0 Å². The van der Waals surface area contributed by atoms with Crippen LogP contribution in [0.4, 0.5) is 5.69 Å². The predicted octanol–water partition coefficient (Wildman–Crippen LogP) is 0.104. The number of hydrogen-bond acceptors (Lipinski definition) is 5. The molecule has 0 fully saturated rings. The van der Waals surface area contributed by atoms with Gasteiger partial charge in [0.25, 0.3) is 0 Å². The minimum absolute atomic E-state index is 0.00979. The Morgan fingerprint density at radius 2 is 1.50 bits per heavy atom. The van der Waals surface area contributed by atoms with E-state index in [0.717, 1.165) is 0 Å². The molecule has 0 spiro atoms. The van der Waals surface area contributed by atoms with Gasteiger partial charge in [0.15, 0.2) is 0 Å². The zero-order valence-corrected chi connectivity index (χ0v) is 8.28. The molecule has 0 amide bonds. The van der Waals surface area contributed by atoms with Crippen molar-refractivity contribution in [3.8, 4) is 0 Å². The molecular formula is C10H10BNO4. The second kappa shape index (κ2) is 4.11. The summed E-state index contributed by atoms with van der Waals surface area (Å²) in [5.41, 5.74) is 0.501. The average Bonchev–Trinajstić information content (AvgIpc) is 2.27. The molecule has 0 aliphatic heterocycles. The van der Waals surface area contributed by atoms with E-state index in [-0.39, 0.29) is 10.9 Å². The van der Waals surface area contributed by atoms with Gasteiger partial charge >= 0.3 is 7.12 Å². The van der Waals surface area contributed by atoms with Crippen molar-refractivity contribution in [2.24, 2.45) is 0 Å². The lowest BCUT2D eigenvalue weighted by molar-refractivity contribution is 0.0300. The second-order valence-corrected chi connectivity index (χ2v) is 3.38. The van der Waals surface area contributed by atoms with Crippen molar-refractivity contribution in [2.75, 3.05) is 5.23 Å². The van der Waals surface area contributed by atoms with Gasteiger partial charge in [-0.25, -0.2) is 0 Å². The van der Waals surface area contributed by atoms with Gasteiger partial charge in [0, 0.05) is 5.39 Å². The van der Waals surface area contributed by atoms with Crippen molar-refractivity contribution in [3.63, 3.8) is 0 Å². The minimum Gasteiger partial charge on any atom is -0.423 e. The van der Waals surface area contributed by atoms with Crippen molar-refractivity contribution in [2.45, 2.75) is 0 Å². The van der Waals surface area contributed by atoms with E-state index in [1.165, 1.54) is 6.07 Å². The molecule has 82 valence electrons. The van der Waals surface area contributed by atoms with E-state index in [1.807, 2.05) is 0 Å². The van der Waals surface area contributed by atoms with Crippen LogP contribution in [-0.2, 0) is 0 Å². The fourth-order valence-corrected chi connectivity index (χ4v) is 1.72. The maximum atomic E-state index is 9.17. The van der Waals surface area contributed by atoms with E-state index in [0.29, 0.717) is 16.2 Å². The first kappa shape index (κ1) is 10.9. The van der Waals surface area contributed by atoms with E-state index in [2.05, 4.69) is 0 Å². The molecule has 0 heterocycles. The van der Waals surface area contributed by atoms with Crippen LogP contribution in [0.1, 0.15) is 0 Å². The molecule has 16 heavy (non-hydrogen) atoms. The van der Waals surface area contributed by atoms with Crippen LogP contribution in [0.5, 0.6) is 0 Å². The second-order valence-electron chi connectivity index (χ2n) is 3.38. The third kappa shape index (κ3) is 1.75. The van der Waals surface area contributed by atoms with Crippen molar-refractivity contribution >= 4 is 29.0 Å². The number of hydrogen-bond donors (Lipinski definition) is 4. The summed E-state index contributed by atoms with van der Waals surface area (Å²) in [5.74, 6) is 0. The van der Waals surface area contributed by atoms with Gasteiger partial charge in [0.05, 0.1) is 0 Å². The Kier molecular flexibility index (Phi) is 2.80. The van der Waals surface area contributed by atoms with Crippen LogP contribution in [0.15, 0.2) is 36.4 Å². The Balaban J connectivity index is 2.76. The highest BCUT2D eigenvalue weighted by Crippen LogP contribution is 2.23. The molecule has 0 atom stereocenters. The molecule has 0 aromatic heterocycles. The Labute approximate surface area is 91.9 Å². The van der Waals surface area contributed by atoms with Crippen molar-refractivity contribution < 1.29 is 20.5 Å². The zero-order valence-electron chi connectivity index (χ0n) is 8.28. The fraction of sp³-hybridized carbons (Fsp3) is 0. The Bertz CT molecular complexity index is 468. The van der Waals surface area contributed by atoms with Gasteiger partial charge in [0.1, 0.15) is 5.69 Å². The molecule has 2 aromatic rings. The van der Waals surface area contributed by atoms with Gasteiger partial charge in [-0.15, -0.1) is 5.23 Å². The lowest BCUT2D eigenvalue weighted by Crippen LogP contribution is -2.30. The largest absolute Gasteiger partial charge is 0.489 e. The Hall–Kier alpha value is -1.60. The normalized spacial score (nSPS) is 10.5. The van der Waals surface area contributed by atoms with E-state index >= 15 is 0 Å². The van der Waals surface area contributed by atoms with Crippen LogP contribution in [-0.4, -0.2) is 27.6 Å². The van der Waals surface area contributed by atoms with Crippen LogP contribution in [0.2, 0.25) is 0 Å². The van der Waals surface area contributed by atoms with Crippen LogP contribution in [0.3, 0.4) is 0 Å². The van der Waals surface area contributed by atoms with Crippen LogP contribution >= 0.6 is 0 Å². The minimum atomic E-state index is -1.59. The number of fused-ring (bicyclic) bond motifs is 1. The third-order valence-electron chi connectivity index (χ3n) is 2.43. The fourth-order valence-electron chi connectivity index (χ4n) is 1.72. The first-order valence-corrected chi connectivity index (χ1v) is 4.67. The topological polar surface area (TPSA) is 84.2 Å². The summed E-state index contributed by atoms with van der Waals surface area (Å²) in [6.45, 7) is 0. The lowest BCUT2D eigenvalue weighted by atomic mass is 9.77. The van der Waals surface area contributed by atoms with Gasteiger partial charge in [0.2, 0.25) is 0 Å². The standard InChI is InChI=1S/C10H10BNO4/c13-11(14)9-5-1-4-8-7(9)3-2-6-10(8)12(15)16/h1-6,13-16H. The molecule has 2 aromatic carbocycles. The average molecular weight is 219 g/mol. The van der Waals surface area contributed by atoms with E-state index in [9.17, 15) is 0 Å². The monoisotopic (exact) mass is 219 g/mol. The summed E-state index contributed by atoms with van der Waals surface area (Å²) in [7, 11) is -1.59. The van der Waals surface area contributed by atoms with E-state index < -0.39 is 7.12 Å². The molecule has 0 unspecified atom stereocenters. The highest BCUT2D eigenvalue weighted by Gasteiger charge is 2.16. The summed E-state index contributed by atoms with van der Waals surface area (Å²) in [6.07, 6.45) is 0. The van der Waals surface area contributed by atoms with Gasteiger partial charge in [-0.05, 0) is 16.9 Å². The van der Waals surface area contributed by atoms with Crippen LogP contribution in [0, 0.1) is 0 Å². The SMILES string of the molecule is OB(O)c1cccc2c(N(O)O)cccc12. The molecular weight excluding hydrogens is 209 g/mol. The quantitative estimate of drug-likeness (QED) is 0.425. The van der Waals surface area contributed by atoms with E-state index in [4.69, 9.17) is 20.5 Å². The Morgan fingerprint density at radius 3 is 2.12 bits per heavy atom. The zero-order chi connectivity index (χ0) is 11.7. The maximum Gasteiger partial charge on any atom is 0.489 e. The van der Waals surface area contributed by atoms with Crippen molar-refractivity contribution in [3.05, 3.63) is 36.4 Å². The maximum absolute atomic E-state index is 9.17. The summed E-state index contributed by atoms with van der Waals surface area (Å²) < 4.78 is 0. The molecule has 4 N–H and O–H groups in total. The van der Waals surface area contributed by atoms with E-state index in [1.54, 1.807) is 30.3 Å². The highest BCUT2D eigenvalue weighted by molar-refractivity contribution is 6.62. The highest BCUT2D eigenvalue weighted by atomic mass is 16.8. The van der Waals surface area contributed by atoms with Crippen LogP contribution < -0.4 is 10.7 Å².